The summed E-state index contributed by atoms with van der Waals surface area (Å²) in [6.45, 7) is 4.37. The van der Waals surface area contributed by atoms with Crippen LogP contribution in [0.15, 0.2) is 30.7 Å². The number of carbonyl (C=O) groups excluding carboxylic acids is 1. The van der Waals surface area contributed by atoms with E-state index < -0.39 is 11.9 Å². The zero-order valence-electron chi connectivity index (χ0n) is 18.8. The van der Waals surface area contributed by atoms with Gasteiger partial charge in [-0.15, -0.1) is 11.3 Å². The van der Waals surface area contributed by atoms with Gasteiger partial charge >= 0.3 is 0 Å². The molecule has 0 radical (unpaired) electrons. The van der Waals surface area contributed by atoms with E-state index in [2.05, 4.69) is 15.3 Å². The average molecular weight is 502 g/mol. The molecule has 2 N–H and O–H groups in total. The molecule has 3 heterocycles. The van der Waals surface area contributed by atoms with Crippen LogP contribution in [0.25, 0.3) is 0 Å². The minimum absolute atomic E-state index is 0.0342. The van der Waals surface area contributed by atoms with Crippen LogP contribution in [0.1, 0.15) is 62.7 Å². The van der Waals surface area contributed by atoms with Gasteiger partial charge in [0.05, 0.1) is 28.2 Å². The van der Waals surface area contributed by atoms with Crippen molar-refractivity contribution >= 4 is 34.5 Å². The Bertz CT molecular complexity index is 1240. The van der Waals surface area contributed by atoms with Gasteiger partial charge in [0, 0.05) is 22.7 Å². The molecule has 1 aromatic carbocycles. The first kappa shape index (κ1) is 23.4. The number of aliphatic hydroxyl groups is 1. The summed E-state index contributed by atoms with van der Waals surface area (Å²) in [4.78, 5) is 23.2. The minimum Gasteiger partial charge on any atom is -0.393 e. The van der Waals surface area contributed by atoms with Gasteiger partial charge in [-0.25, -0.2) is 14.4 Å². The van der Waals surface area contributed by atoms with Crippen molar-refractivity contribution < 1.29 is 19.0 Å². The fraction of sp³-hybridized carbons (Fsp3) is 0.400. The molecule has 1 fully saturated rings. The number of fused-ring (bicyclic) bond motifs is 1. The highest BCUT2D eigenvalue weighted by Gasteiger charge is 2.32. The van der Waals surface area contributed by atoms with Crippen molar-refractivity contribution in [2.24, 2.45) is 5.92 Å². The molecule has 2 aromatic heterocycles. The van der Waals surface area contributed by atoms with E-state index in [4.69, 9.17) is 16.3 Å². The molecule has 6 nitrogen and oxygen atoms in total. The van der Waals surface area contributed by atoms with Crippen LogP contribution in [0, 0.1) is 18.7 Å². The van der Waals surface area contributed by atoms with Gasteiger partial charge in [0.25, 0.3) is 0 Å². The van der Waals surface area contributed by atoms with Gasteiger partial charge in [-0.2, -0.15) is 0 Å². The molecule has 178 valence electrons. The molecule has 0 spiro atoms. The van der Waals surface area contributed by atoms with E-state index in [1.54, 1.807) is 12.1 Å². The number of hydrogen-bond acceptors (Lipinski definition) is 7. The van der Waals surface area contributed by atoms with Crippen LogP contribution in [0.5, 0.6) is 0 Å². The Balaban J connectivity index is 1.45. The molecule has 1 aliphatic heterocycles. The number of anilines is 1. The summed E-state index contributed by atoms with van der Waals surface area (Å²) in [5.41, 5.74) is 2.43. The number of rotatable bonds is 5. The van der Waals surface area contributed by atoms with Crippen molar-refractivity contribution in [2.45, 2.75) is 51.4 Å². The third kappa shape index (κ3) is 4.24. The lowest BCUT2D eigenvalue weighted by Gasteiger charge is -2.27. The first-order valence-electron chi connectivity index (χ1n) is 11.3. The molecular formula is C25H25ClFN3O3S. The number of nitrogens with one attached hydrogen (secondary N) is 1. The summed E-state index contributed by atoms with van der Waals surface area (Å²) < 4.78 is 20.9. The maximum absolute atomic E-state index is 15.0. The van der Waals surface area contributed by atoms with Crippen molar-refractivity contribution in [3.63, 3.8) is 0 Å². The molecule has 4 atom stereocenters. The first-order chi connectivity index (χ1) is 16.3. The smallest absolute Gasteiger partial charge is 0.208 e. The summed E-state index contributed by atoms with van der Waals surface area (Å²) in [6, 6.07) is 5.22. The number of nitrogens with zero attached hydrogens (tertiary/aromatic N) is 2. The number of aryl methyl sites for hydroxylation is 1. The van der Waals surface area contributed by atoms with Crippen molar-refractivity contribution in [1.29, 1.82) is 0 Å². The van der Waals surface area contributed by atoms with Gasteiger partial charge in [-0.1, -0.05) is 24.6 Å². The number of benzene rings is 1. The van der Waals surface area contributed by atoms with Crippen LogP contribution in [0.4, 0.5) is 10.2 Å². The zero-order chi connectivity index (χ0) is 24.0. The quantitative estimate of drug-likeness (QED) is 0.473. The highest BCUT2D eigenvalue weighted by Crippen LogP contribution is 2.41. The van der Waals surface area contributed by atoms with Crippen LogP contribution in [-0.4, -0.2) is 39.6 Å². The van der Waals surface area contributed by atoms with Crippen LogP contribution < -0.4 is 5.32 Å². The number of ether oxygens (including phenoxy) is 1. The normalized spacial score (nSPS) is 24.1. The molecule has 2 aliphatic rings. The molecule has 0 saturated heterocycles. The number of aromatic nitrogens is 2. The third-order valence-electron chi connectivity index (χ3n) is 6.74. The molecule has 1 aliphatic carbocycles. The second-order valence-corrected chi connectivity index (χ2v) is 10.7. The van der Waals surface area contributed by atoms with Crippen molar-refractivity contribution in [3.05, 3.63) is 73.6 Å². The first-order valence-corrected chi connectivity index (χ1v) is 12.5. The predicted octanol–water partition coefficient (Wildman–Crippen LogP) is 5.10. The fourth-order valence-electron chi connectivity index (χ4n) is 4.87. The Kier molecular flexibility index (Phi) is 6.41. The largest absolute Gasteiger partial charge is 0.393 e. The Labute approximate surface area is 206 Å². The third-order valence-corrected chi connectivity index (χ3v) is 8.10. The predicted molar refractivity (Wildman–Crippen MR) is 129 cm³/mol. The van der Waals surface area contributed by atoms with E-state index in [9.17, 15) is 14.3 Å². The Morgan fingerprint density at radius 1 is 1.35 bits per heavy atom. The molecule has 0 bridgehead atoms. The number of aliphatic hydroxyl groups excluding tert-OH is 1. The second-order valence-electron chi connectivity index (χ2n) is 9.03. The summed E-state index contributed by atoms with van der Waals surface area (Å²) in [5, 5.41) is 13.5. The molecule has 9 heteroatoms. The van der Waals surface area contributed by atoms with E-state index >= 15 is 0 Å². The van der Waals surface area contributed by atoms with Gasteiger partial charge in [-0.05, 0) is 55.4 Å². The molecule has 3 aromatic rings. The Morgan fingerprint density at radius 3 is 2.94 bits per heavy atom. The molecule has 34 heavy (non-hydrogen) atoms. The summed E-state index contributed by atoms with van der Waals surface area (Å²) >= 11 is 7.40. The average Bonchev–Trinajstić information content (AvgIpc) is 3.37. The van der Waals surface area contributed by atoms with E-state index in [-0.39, 0.29) is 28.9 Å². The lowest BCUT2D eigenvalue weighted by atomic mass is 9.92. The van der Waals surface area contributed by atoms with Crippen LogP contribution in [0.2, 0.25) is 5.02 Å². The maximum Gasteiger partial charge on any atom is 0.208 e. The maximum atomic E-state index is 15.0. The van der Waals surface area contributed by atoms with E-state index in [0.29, 0.717) is 41.3 Å². The van der Waals surface area contributed by atoms with Gasteiger partial charge in [0.1, 0.15) is 24.1 Å². The Morgan fingerprint density at radius 2 is 2.18 bits per heavy atom. The number of ketones is 1. The number of hydrogen-bond donors (Lipinski definition) is 2. The highest BCUT2D eigenvalue weighted by atomic mass is 35.5. The molecule has 5 rings (SSSR count). The van der Waals surface area contributed by atoms with Crippen molar-refractivity contribution in [1.82, 2.24) is 9.97 Å². The van der Waals surface area contributed by atoms with Crippen molar-refractivity contribution in [3.8, 4) is 0 Å². The van der Waals surface area contributed by atoms with Crippen LogP contribution in [-0.2, 0) is 11.2 Å². The van der Waals surface area contributed by atoms with Gasteiger partial charge < -0.3 is 15.2 Å². The van der Waals surface area contributed by atoms with E-state index in [1.807, 2.05) is 19.9 Å². The van der Waals surface area contributed by atoms with Crippen LogP contribution >= 0.6 is 22.9 Å². The molecule has 0 amide bonds. The SMILES string of the molecule is Cc1sc(C(=O)c2cncnc2N[C@@H]2C[C@@H](C)[C@H](O)C2)cc1[C@H]1OCCc2ccc(Cl)c(F)c21. The van der Waals surface area contributed by atoms with E-state index in [0.717, 1.165) is 22.4 Å². The second kappa shape index (κ2) is 9.34. The summed E-state index contributed by atoms with van der Waals surface area (Å²) in [5.74, 6) is -0.0424. The lowest BCUT2D eigenvalue weighted by Crippen LogP contribution is -2.20. The molecule has 1 saturated carbocycles. The standard InChI is InChI=1S/C25H25ClFN3O3S/c1-12-7-15(8-19(12)31)30-25-17(10-28-11-29-25)23(32)20-9-16(13(2)34-20)24-21-14(5-6-33-24)3-4-18(26)22(21)27/h3-4,9-12,15,19,24,31H,5-8H2,1-2H3,(H,28,29,30)/t12-,15-,19-,24-/m1/s1. The zero-order valence-corrected chi connectivity index (χ0v) is 20.4. The topological polar surface area (TPSA) is 84.3 Å². The summed E-state index contributed by atoms with van der Waals surface area (Å²) in [7, 11) is 0. The van der Waals surface area contributed by atoms with Gasteiger partial charge in [-0.3, -0.25) is 4.79 Å². The van der Waals surface area contributed by atoms with Gasteiger partial charge in [0.15, 0.2) is 0 Å². The Hall–Kier alpha value is -2.39. The number of halogens is 2. The van der Waals surface area contributed by atoms with Gasteiger partial charge in [0.2, 0.25) is 5.78 Å². The molecular weight excluding hydrogens is 477 g/mol. The lowest BCUT2D eigenvalue weighted by molar-refractivity contribution is 0.0668. The number of carbonyl (C=O) groups is 1. The number of thiophene rings is 1. The fourth-order valence-corrected chi connectivity index (χ4v) is 6.04. The van der Waals surface area contributed by atoms with E-state index in [1.165, 1.54) is 23.9 Å². The highest BCUT2D eigenvalue weighted by molar-refractivity contribution is 7.14. The minimum atomic E-state index is -0.619. The molecule has 0 unspecified atom stereocenters. The van der Waals surface area contributed by atoms with Crippen molar-refractivity contribution in [2.75, 3.05) is 11.9 Å². The summed E-state index contributed by atoms with van der Waals surface area (Å²) in [6.07, 6.45) is 3.94. The van der Waals surface area contributed by atoms with Crippen LogP contribution in [0.3, 0.4) is 0 Å². The monoisotopic (exact) mass is 501 g/mol.